The molecule has 1 aliphatic rings. The molecule has 0 radical (unpaired) electrons. The van der Waals surface area contributed by atoms with Gasteiger partial charge in [0.15, 0.2) is 4.34 Å². The van der Waals surface area contributed by atoms with E-state index < -0.39 is 17.7 Å². The second kappa shape index (κ2) is 13.5. The molecule has 1 aromatic heterocycles. The number of aliphatic hydroxyl groups is 1. The maximum Gasteiger partial charge on any atom is 0.301 e. The summed E-state index contributed by atoms with van der Waals surface area (Å²) in [7, 11) is 0. The lowest BCUT2D eigenvalue weighted by Crippen LogP contribution is -2.29. The summed E-state index contributed by atoms with van der Waals surface area (Å²) < 4.78 is 21.5. The van der Waals surface area contributed by atoms with E-state index in [9.17, 15) is 19.1 Å². The molecule has 1 amide bonds. The van der Waals surface area contributed by atoms with Gasteiger partial charge in [-0.2, -0.15) is 0 Å². The van der Waals surface area contributed by atoms with Crippen molar-refractivity contribution in [3.05, 3.63) is 140 Å². The molecular formula is C34H25FIN3O4S2. The number of thioether (sulfide) groups is 1. The molecule has 1 aliphatic heterocycles. The average molecular weight is 750 g/mol. The topological polar surface area (TPSA) is 92.6 Å². The molecule has 6 rings (SSSR count). The molecule has 45 heavy (non-hydrogen) atoms. The van der Waals surface area contributed by atoms with E-state index in [0.29, 0.717) is 39.1 Å². The van der Waals surface area contributed by atoms with Crippen molar-refractivity contribution in [2.75, 3.05) is 4.90 Å². The lowest BCUT2D eigenvalue weighted by Gasteiger charge is -2.22. The van der Waals surface area contributed by atoms with Crippen molar-refractivity contribution in [2.45, 2.75) is 29.7 Å². The van der Waals surface area contributed by atoms with Gasteiger partial charge in [-0.05, 0) is 88.7 Å². The molecule has 2 heterocycles. The SMILES string of the molecule is Cc1cccc(COc2ccc(C(O)=C3C(=O)C(=O)N(c4nnc(SCc5ccccc5F)s4)C3c3ccc(I)cc3)cc2)c1. The van der Waals surface area contributed by atoms with E-state index in [-0.39, 0.29) is 22.3 Å². The van der Waals surface area contributed by atoms with Crippen LogP contribution in [0.1, 0.15) is 33.9 Å². The summed E-state index contributed by atoms with van der Waals surface area (Å²) in [5, 5.41) is 20.1. The minimum absolute atomic E-state index is 0.0506. The zero-order valence-electron chi connectivity index (χ0n) is 23.8. The van der Waals surface area contributed by atoms with E-state index in [2.05, 4.69) is 32.8 Å². The Kier molecular flexibility index (Phi) is 9.29. The standard InChI is InChI=1S/C34H25FIN3O4S2/c1-20-5-4-6-21(17-20)18-43-26-15-11-23(12-16-26)30(40)28-29(22-9-13-25(36)14-10-22)39(32(42)31(28)41)33-37-38-34(45-33)44-19-24-7-2-3-8-27(24)35/h2-17,29,40H,18-19H2,1H3. The second-order valence-electron chi connectivity index (χ2n) is 10.3. The minimum atomic E-state index is -0.934. The first kappa shape index (κ1) is 30.9. The Morgan fingerprint density at radius 1 is 1.00 bits per heavy atom. The number of hydrogen-bond donors (Lipinski definition) is 1. The van der Waals surface area contributed by atoms with E-state index >= 15 is 0 Å². The number of ether oxygens (including phenoxy) is 1. The Balaban J connectivity index is 1.30. The third-order valence-electron chi connectivity index (χ3n) is 7.16. The van der Waals surface area contributed by atoms with Gasteiger partial charge in [-0.15, -0.1) is 10.2 Å². The van der Waals surface area contributed by atoms with Crippen LogP contribution in [-0.4, -0.2) is 27.0 Å². The Hall–Kier alpha value is -4.07. The van der Waals surface area contributed by atoms with Gasteiger partial charge in [0.25, 0.3) is 5.78 Å². The summed E-state index contributed by atoms with van der Waals surface area (Å²) >= 11 is 4.59. The first-order valence-corrected chi connectivity index (χ1v) is 16.7. The third-order valence-corrected chi connectivity index (χ3v) is 9.98. The number of aromatic nitrogens is 2. The molecular weight excluding hydrogens is 724 g/mol. The predicted octanol–water partition coefficient (Wildman–Crippen LogP) is 8.09. The van der Waals surface area contributed by atoms with Crippen LogP contribution in [0.4, 0.5) is 9.52 Å². The molecule has 226 valence electrons. The van der Waals surface area contributed by atoms with Gasteiger partial charge in [-0.1, -0.05) is 83.3 Å². The van der Waals surface area contributed by atoms with Gasteiger partial charge in [0.05, 0.1) is 11.6 Å². The van der Waals surface area contributed by atoms with Crippen molar-refractivity contribution in [1.29, 1.82) is 0 Å². The fourth-order valence-corrected chi connectivity index (χ4v) is 7.15. The predicted molar refractivity (Wildman–Crippen MR) is 182 cm³/mol. The van der Waals surface area contributed by atoms with Gasteiger partial charge in [-0.3, -0.25) is 14.5 Å². The summed E-state index contributed by atoms with van der Waals surface area (Å²) in [6, 6.07) is 27.7. The van der Waals surface area contributed by atoms with Crippen LogP contribution in [0.15, 0.2) is 107 Å². The Bertz CT molecular complexity index is 1910. The number of amides is 1. The lowest BCUT2D eigenvalue weighted by atomic mass is 9.95. The maximum atomic E-state index is 14.1. The summed E-state index contributed by atoms with van der Waals surface area (Å²) in [5.41, 5.74) is 3.64. The molecule has 11 heteroatoms. The lowest BCUT2D eigenvalue weighted by molar-refractivity contribution is -0.132. The number of anilines is 1. The highest BCUT2D eigenvalue weighted by atomic mass is 127. The number of aryl methyl sites for hydroxylation is 1. The Morgan fingerprint density at radius 2 is 1.76 bits per heavy atom. The van der Waals surface area contributed by atoms with Crippen molar-refractivity contribution >= 4 is 68.3 Å². The molecule has 0 spiro atoms. The number of nitrogens with zero attached hydrogens (tertiary/aromatic N) is 3. The fraction of sp³-hybridized carbons (Fsp3) is 0.118. The Labute approximate surface area is 280 Å². The highest BCUT2D eigenvalue weighted by Crippen LogP contribution is 2.44. The number of ketones is 1. The highest BCUT2D eigenvalue weighted by Gasteiger charge is 2.48. The molecule has 1 unspecified atom stereocenters. The van der Waals surface area contributed by atoms with Gasteiger partial charge in [-0.25, -0.2) is 4.39 Å². The van der Waals surface area contributed by atoms with Crippen LogP contribution in [0.25, 0.3) is 5.76 Å². The third kappa shape index (κ3) is 6.80. The van der Waals surface area contributed by atoms with Crippen LogP contribution in [-0.2, 0) is 21.9 Å². The molecule has 0 saturated carbocycles. The highest BCUT2D eigenvalue weighted by molar-refractivity contribution is 14.1. The largest absolute Gasteiger partial charge is 0.507 e. The molecule has 1 saturated heterocycles. The van der Waals surface area contributed by atoms with Gasteiger partial charge in [0.1, 0.15) is 23.9 Å². The molecule has 0 bridgehead atoms. The van der Waals surface area contributed by atoms with E-state index in [1.165, 1.54) is 22.7 Å². The van der Waals surface area contributed by atoms with Gasteiger partial charge >= 0.3 is 5.91 Å². The first-order chi connectivity index (χ1) is 21.8. The van der Waals surface area contributed by atoms with E-state index in [0.717, 1.165) is 26.0 Å². The molecule has 0 aliphatic carbocycles. The van der Waals surface area contributed by atoms with Crippen LogP contribution in [0, 0.1) is 16.3 Å². The number of carbonyl (C=O) groups is 2. The number of rotatable bonds is 9. The van der Waals surface area contributed by atoms with E-state index in [4.69, 9.17) is 4.74 Å². The van der Waals surface area contributed by atoms with Crippen molar-refractivity contribution in [2.24, 2.45) is 0 Å². The van der Waals surface area contributed by atoms with E-state index in [1.807, 2.05) is 55.5 Å². The zero-order valence-corrected chi connectivity index (χ0v) is 27.6. The van der Waals surface area contributed by atoms with Crippen LogP contribution in [0.5, 0.6) is 5.75 Å². The quantitative estimate of drug-likeness (QED) is 0.0407. The number of benzene rings is 4. The van der Waals surface area contributed by atoms with Crippen molar-refractivity contribution in [3.8, 4) is 5.75 Å². The fourth-order valence-electron chi connectivity index (χ4n) is 4.94. The van der Waals surface area contributed by atoms with Crippen LogP contribution < -0.4 is 9.64 Å². The summed E-state index contributed by atoms with van der Waals surface area (Å²) in [4.78, 5) is 28.3. The molecule has 1 atom stereocenters. The zero-order chi connectivity index (χ0) is 31.5. The minimum Gasteiger partial charge on any atom is -0.507 e. The number of hydrogen-bond acceptors (Lipinski definition) is 8. The summed E-state index contributed by atoms with van der Waals surface area (Å²) in [6.07, 6.45) is 0. The van der Waals surface area contributed by atoms with Crippen LogP contribution in [0.3, 0.4) is 0 Å². The molecule has 1 N–H and O–H groups in total. The number of carbonyl (C=O) groups excluding carboxylic acids is 2. The summed E-state index contributed by atoms with van der Waals surface area (Å²) in [5.74, 6) is -1.34. The van der Waals surface area contributed by atoms with Crippen molar-refractivity contribution < 1.29 is 23.8 Å². The number of Topliss-reactive ketones (excluding diaryl/α,β-unsaturated/α-hetero) is 1. The summed E-state index contributed by atoms with van der Waals surface area (Å²) in [6.45, 7) is 2.40. The smallest absolute Gasteiger partial charge is 0.301 e. The van der Waals surface area contributed by atoms with Gasteiger partial charge in [0, 0.05) is 14.9 Å². The number of aliphatic hydroxyl groups excluding tert-OH is 1. The average Bonchev–Trinajstić information content (AvgIpc) is 3.61. The molecule has 7 nitrogen and oxygen atoms in total. The van der Waals surface area contributed by atoms with E-state index in [1.54, 1.807) is 42.5 Å². The molecule has 4 aromatic carbocycles. The number of halogens is 2. The van der Waals surface area contributed by atoms with Gasteiger partial charge in [0.2, 0.25) is 5.13 Å². The van der Waals surface area contributed by atoms with Crippen molar-refractivity contribution in [3.63, 3.8) is 0 Å². The normalized spacial score (nSPS) is 15.9. The molecule has 5 aromatic rings. The van der Waals surface area contributed by atoms with Crippen LogP contribution >= 0.6 is 45.7 Å². The van der Waals surface area contributed by atoms with Gasteiger partial charge < -0.3 is 9.84 Å². The first-order valence-electron chi connectivity index (χ1n) is 13.8. The van der Waals surface area contributed by atoms with Crippen molar-refractivity contribution in [1.82, 2.24) is 10.2 Å². The Morgan fingerprint density at radius 3 is 2.49 bits per heavy atom. The second-order valence-corrected chi connectivity index (χ2v) is 13.7. The monoisotopic (exact) mass is 749 g/mol. The van der Waals surface area contributed by atoms with Crippen LogP contribution in [0.2, 0.25) is 0 Å². The molecule has 1 fully saturated rings. The maximum absolute atomic E-state index is 14.1.